The summed E-state index contributed by atoms with van der Waals surface area (Å²) >= 11 is 0. The largest absolute Gasteiger partial charge is 0.477 e. The number of likely N-dealkylation sites (tertiary alicyclic amines) is 1. The smallest absolute Gasteiger partial charge is 0.278 e. The minimum absolute atomic E-state index is 0.0269. The van der Waals surface area contributed by atoms with E-state index in [0.717, 1.165) is 25.8 Å². The number of methoxy groups -OCH3 is 1. The van der Waals surface area contributed by atoms with E-state index in [-0.39, 0.29) is 12.0 Å². The minimum Gasteiger partial charge on any atom is -0.477 e. The van der Waals surface area contributed by atoms with Crippen molar-refractivity contribution in [1.29, 1.82) is 0 Å². The summed E-state index contributed by atoms with van der Waals surface area (Å²) in [5, 5.41) is 0. The summed E-state index contributed by atoms with van der Waals surface area (Å²) in [6, 6.07) is 0. The molecule has 2 heterocycles. The van der Waals surface area contributed by atoms with Crippen LogP contribution < -0.4 is 9.47 Å². The van der Waals surface area contributed by atoms with Gasteiger partial charge in [-0.1, -0.05) is 12.8 Å². The Bertz CT molecular complexity index is 503. The number of hydrogen-bond donors (Lipinski definition) is 0. The molecule has 114 valence electrons. The van der Waals surface area contributed by atoms with Crippen molar-refractivity contribution in [1.82, 2.24) is 14.9 Å². The van der Waals surface area contributed by atoms with Crippen LogP contribution in [0, 0.1) is 5.92 Å². The molecule has 1 aliphatic carbocycles. The summed E-state index contributed by atoms with van der Waals surface area (Å²) in [7, 11) is 1.54. The third kappa shape index (κ3) is 3.09. The second kappa shape index (κ2) is 6.28. The zero-order valence-corrected chi connectivity index (χ0v) is 12.3. The van der Waals surface area contributed by atoms with Crippen molar-refractivity contribution in [3.05, 3.63) is 12.4 Å². The van der Waals surface area contributed by atoms with Gasteiger partial charge in [-0.3, -0.25) is 4.79 Å². The molecule has 0 N–H and O–H groups in total. The minimum atomic E-state index is -0.0269. The average molecular weight is 291 g/mol. The molecular formula is C15H21N3O3. The first-order valence-electron chi connectivity index (χ1n) is 7.58. The van der Waals surface area contributed by atoms with Gasteiger partial charge in [-0.2, -0.15) is 0 Å². The van der Waals surface area contributed by atoms with Gasteiger partial charge in [-0.05, 0) is 12.8 Å². The molecule has 1 amide bonds. The monoisotopic (exact) mass is 291 g/mol. The van der Waals surface area contributed by atoms with E-state index >= 15 is 0 Å². The van der Waals surface area contributed by atoms with Crippen molar-refractivity contribution in [2.75, 3.05) is 20.2 Å². The fraction of sp³-hybridized carbons (Fsp3) is 0.667. The molecular weight excluding hydrogens is 270 g/mol. The molecule has 21 heavy (non-hydrogen) atoms. The second-order valence-electron chi connectivity index (χ2n) is 5.66. The van der Waals surface area contributed by atoms with Gasteiger partial charge in [-0.25, -0.2) is 9.97 Å². The maximum Gasteiger partial charge on any atom is 0.278 e. The molecule has 0 bridgehead atoms. The molecule has 1 unspecified atom stereocenters. The van der Waals surface area contributed by atoms with E-state index in [1.54, 1.807) is 19.5 Å². The maximum atomic E-state index is 12.4. The Hall–Kier alpha value is -1.85. The lowest BCUT2D eigenvalue weighted by atomic mass is 10.1. The highest BCUT2D eigenvalue weighted by Crippen LogP contribution is 2.29. The Morgan fingerprint density at radius 3 is 2.62 bits per heavy atom. The first kappa shape index (κ1) is 14.1. The molecule has 2 fully saturated rings. The summed E-state index contributed by atoms with van der Waals surface area (Å²) in [4.78, 5) is 22.5. The van der Waals surface area contributed by atoms with E-state index < -0.39 is 0 Å². The van der Waals surface area contributed by atoms with Crippen molar-refractivity contribution in [2.24, 2.45) is 5.92 Å². The Balaban J connectivity index is 1.58. The predicted molar refractivity (Wildman–Crippen MR) is 76.2 cm³/mol. The molecule has 0 aromatic carbocycles. The number of carbonyl (C=O) groups excluding carboxylic acids is 1. The average Bonchev–Trinajstić information content (AvgIpc) is 3.19. The van der Waals surface area contributed by atoms with Gasteiger partial charge >= 0.3 is 0 Å². The zero-order valence-electron chi connectivity index (χ0n) is 12.3. The highest BCUT2D eigenvalue weighted by Gasteiger charge is 2.33. The Kier molecular flexibility index (Phi) is 4.22. The second-order valence-corrected chi connectivity index (χ2v) is 5.66. The van der Waals surface area contributed by atoms with Gasteiger partial charge in [0.15, 0.2) is 0 Å². The van der Waals surface area contributed by atoms with Crippen LogP contribution in [-0.2, 0) is 4.79 Å². The predicted octanol–water partition coefficient (Wildman–Crippen LogP) is 1.66. The summed E-state index contributed by atoms with van der Waals surface area (Å²) in [5.74, 6) is 1.32. The van der Waals surface area contributed by atoms with Crippen LogP contribution in [0.3, 0.4) is 0 Å². The molecule has 0 radical (unpaired) electrons. The lowest BCUT2D eigenvalue weighted by Gasteiger charge is -2.20. The van der Waals surface area contributed by atoms with Gasteiger partial charge in [0.05, 0.1) is 13.7 Å². The van der Waals surface area contributed by atoms with Gasteiger partial charge < -0.3 is 14.4 Å². The Labute approximate surface area is 124 Å². The number of nitrogens with zero attached hydrogens (tertiary/aromatic N) is 3. The summed E-state index contributed by atoms with van der Waals surface area (Å²) in [5.41, 5.74) is 0. The number of hydrogen-bond acceptors (Lipinski definition) is 5. The van der Waals surface area contributed by atoms with E-state index in [2.05, 4.69) is 9.97 Å². The van der Waals surface area contributed by atoms with Crippen molar-refractivity contribution in [2.45, 2.75) is 38.2 Å². The maximum absolute atomic E-state index is 12.4. The highest BCUT2D eigenvalue weighted by molar-refractivity contribution is 5.79. The SMILES string of the molecule is COc1nccnc1OC1CCN(C(=O)C2CCCC2)C1. The van der Waals surface area contributed by atoms with E-state index in [9.17, 15) is 4.79 Å². The molecule has 1 aromatic heterocycles. The number of aromatic nitrogens is 2. The molecule has 2 aliphatic rings. The molecule has 1 saturated heterocycles. The van der Waals surface area contributed by atoms with Crippen LogP contribution in [-0.4, -0.2) is 47.1 Å². The van der Waals surface area contributed by atoms with E-state index in [4.69, 9.17) is 9.47 Å². The normalized spacial score (nSPS) is 22.5. The lowest BCUT2D eigenvalue weighted by molar-refractivity contribution is -0.134. The Morgan fingerprint density at radius 2 is 1.90 bits per heavy atom. The first-order chi connectivity index (χ1) is 10.3. The molecule has 0 spiro atoms. The van der Waals surface area contributed by atoms with E-state index in [0.29, 0.717) is 24.2 Å². The lowest BCUT2D eigenvalue weighted by Crippen LogP contribution is -2.35. The van der Waals surface area contributed by atoms with Gasteiger partial charge in [0, 0.05) is 31.3 Å². The molecule has 1 atom stereocenters. The third-order valence-corrected chi connectivity index (χ3v) is 4.27. The fourth-order valence-corrected chi connectivity index (χ4v) is 3.15. The van der Waals surface area contributed by atoms with Crippen molar-refractivity contribution >= 4 is 5.91 Å². The number of ether oxygens (including phenoxy) is 2. The van der Waals surface area contributed by atoms with Crippen molar-refractivity contribution in [3.8, 4) is 11.8 Å². The van der Waals surface area contributed by atoms with Crippen LogP contribution in [0.4, 0.5) is 0 Å². The Morgan fingerprint density at radius 1 is 1.19 bits per heavy atom. The van der Waals surface area contributed by atoms with Crippen LogP contribution in [0.5, 0.6) is 11.8 Å². The van der Waals surface area contributed by atoms with Crippen molar-refractivity contribution < 1.29 is 14.3 Å². The molecule has 1 saturated carbocycles. The number of rotatable bonds is 4. The summed E-state index contributed by atoms with van der Waals surface area (Å²) < 4.78 is 11.0. The molecule has 1 aromatic rings. The van der Waals surface area contributed by atoms with Crippen LogP contribution in [0.2, 0.25) is 0 Å². The van der Waals surface area contributed by atoms with Gasteiger partial charge in [0.1, 0.15) is 6.10 Å². The topological polar surface area (TPSA) is 64.6 Å². The molecule has 6 heteroatoms. The zero-order chi connectivity index (χ0) is 14.7. The van der Waals surface area contributed by atoms with E-state index in [1.165, 1.54) is 12.8 Å². The molecule has 1 aliphatic heterocycles. The van der Waals surface area contributed by atoms with Crippen molar-refractivity contribution in [3.63, 3.8) is 0 Å². The standard InChI is InChI=1S/C15H21N3O3/c1-20-13-14(17-8-7-16-13)21-12-6-9-18(10-12)15(19)11-4-2-3-5-11/h7-8,11-12H,2-6,9-10H2,1H3. The number of amides is 1. The highest BCUT2D eigenvalue weighted by atomic mass is 16.5. The fourth-order valence-electron chi connectivity index (χ4n) is 3.15. The number of carbonyl (C=O) groups is 1. The quantitative estimate of drug-likeness (QED) is 0.844. The first-order valence-corrected chi connectivity index (χ1v) is 7.58. The van der Waals surface area contributed by atoms with Crippen LogP contribution in [0.15, 0.2) is 12.4 Å². The van der Waals surface area contributed by atoms with E-state index in [1.807, 2.05) is 4.90 Å². The van der Waals surface area contributed by atoms with Gasteiger partial charge in [0.25, 0.3) is 11.8 Å². The van der Waals surface area contributed by atoms with Gasteiger partial charge in [0.2, 0.25) is 5.91 Å². The molecule has 3 rings (SSSR count). The molecule has 6 nitrogen and oxygen atoms in total. The van der Waals surface area contributed by atoms with Crippen LogP contribution in [0.25, 0.3) is 0 Å². The summed E-state index contributed by atoms with van der Waals surface area (Å²) in [6.07, 6.45) is 8.39. The summed E-state index contributed by atoms with van der Waals surface area (Å²) in [6.45, 7) is 1.40. The van der Waals surface area contributed by atoms with Crippen LogP contribution in [0.1, 0.15) is 32.1 Å². The van der Waals surface area contributed by atoms with Gasteiger partial charge in [-0.15, -0.1) is 0 Å². The third-order valence-electron chi connectivity index (χ3n) is 4.27. The van der Waals surface area contributed by atoms with Crippen LogP contribution >= 0.6 is 0 Å².